The topological polar surface area (TPSA) is 42.7 Å². The van der Waals surface area contributed by atoms with Gasteiger partial charge in [-0.2, -0.15) is 0 Å². The van der Waals surface area contributed by atoms with Gasteiger partial charge < -0.3 is 18.2 Å². The number of para-hydroxylation sites is 4. The molecule has 0 fully saturated rings. The van der Waals surface area contributed by atoms with E-state index in [9.17, 15) is 0 Å². The lowest BCUT2D eigenvalue weighted by Crippen LogP contribution is -2.16. The summed E-state index contributed by atoms with van der Waals surface area (Å²) >= 11 is 0. The molecule has 1 aliphatic rings. The van der Waals surface area contributed by atoms with Gasteiger partial charge in [0.15, 0.2) is 11.2 Å². The second-order valence-corrected chi connectivity index (χ2v) is 15.2. The standard InChI is InChI=1S/C51H33NO3/c1-51(2)39-21-9-6-16-32(39)33-27-26-31(28-40(33)51)52(41-22-12-19-35-34-17-7-10-24-43(34)54-48(35)41)42-23-13-20-36-38-29-45-47(37-18-8-11-25-44(37)53-45)46(50(38)55-49(36)42)30-14-4-3-5-15-30/h3-29H,1-2H3. The highest BCUT2D eigenvalue weighted by molar-refractivity contribution is 6.24. The number of anilines is 3. The lowest BCUT2D eigenvalue weighted by Gasteiger charge is -2.28. The van der Waals surface area contributed by atoms with Gasteiger partial charge in [-0.1, -0.05) is 135 Å². The maximum absolute atomic E-state index is 7.26. The summed E-state index contributed by atoms with van der Waals surface area (Å²) in [7, 11) is 0. The fourth-order valence-electron chi connectivity index (χ4n) is 9.33. The van der Waals surface area contributed by atoms with Gasteiger partial charge in [0.05, 0.1) is 11.4 Å². The molecule has 8 aromatic carbocycles. The van der Waals surface area contributed by atoms with Crippen LogP contribution in [0.25, 0.3) is 88.1 Å². The van der Waals surface area contributed by atoms with Crippen LogP contribution in [0.2, 0.25) is 0 Å². The number of hydrogen-bond donors (Lipinski definition) is 0. The smallest absolute Gasteiger partial charge is 0.159 e. The molecule has 12 rings (SSSR count). The van der Waals surface area contributed by atoms with E-state index in [1.165, 1.54) is 22.3 Å². The Morgan fingerprint density at radius 1 is 0.418 bits per heavy atom. The van der Waals surface area contributed by atoms with E-state index in [1.54, 1.807) is 0 Å². The quantitative estimate of drug-likeness (QED) is 0.183. The zero-order valence-electron chi connectivity index (χ0n) is 30.3. The summed E-state index contributed by atoms with van der Waals surface area (Å²) in [6.07, 6.45) is 0. The molecule has 3 heterocycles. The molecular formula is C51H33NO3. The molecule has 0 saturated carbocycles. The third kappa shape index (κ3) is 4.17. The van der Waals surface area contributed by atoms with Crippen LogP contribution in [0.4, 0.5) is 17.1 Å². The molecule has 0 bridgehead atoms. The van der Waals surface area contributed by atoms with Gasteiger partial charge in [-0.05, 0) is 70.3 Å². The molecule has 1 aliphatic carbocycles. The first-order valence-corrected chi connectivity index (χ1v) is 18.8. The molecule has 11 aromatic rings. The van der Waals surface area contributed by atoms with E-state index >= 15 is 0 Å². The summed E-state index contributed by atoms with van der Waals surface area (Å²) in [6.45, 7) is 4.66. The maximum Gasteiger partial charge on any atom is 0.159 e. The summed E-state index contributed by atoms with van der Waals surface area (Å²) in [5.74, 6) is 0. The molecule has 0 aliphatic heterocycles. The van der Waals surface area contributed by atoms with Gasteiger partial charge in [0, 0.05) is 49.0 Å². The third-order valence-corrected chi connectivity index (χ3v) is 11.9. The van der Waals surface area contributed by atoms with E-state index in [2.05, 4.69) is 158 Å². The first-order valence-electron chi connectivity index (χ1n) is 18.8. The van der Waals surface area contributed by atoms with Gasteiger partial charge in [-0.3, -0.25) is 0 Å². The minimum Gasteiger partial charge on any atom is -0.456 e. The first-order chi connectivity index (χ1) is 27.0. The fraction of sp³-hybridized carbons (Fsp3) is 0.0588. The van der Waals surface area contributed by atoms with Crippen molar-refractivity contribution in [3.8, 4) is 22.3 Å². The second-order valence-electron chi connectivity index (χ2n) is 15.2. The summed E-state index contributed by atoms with van der Waals surface area (Å²) in [6, 6.07) is 57.8. The van der Waals surface area contributed by atoms with E-state index < -0.39 is 0 Å². The van der Waals surface area contributed by atoms with Crippen LogP contribution in [0, 0.1) is 0 Å². The van der Waals surface area contributed by atoms with Crippen LogP contribution in [-0.4, -0.2) is 0 Å². The van der Waals surface area contributed by atoms with Gasteiger partial charge in [-0.15, -0.1) is 0 Å². The molecule has 0 radical (unpaired) electrons. The number of hydrogen-bond acceptors (Lipinski definition) is 4. The highest BCUT2D eigenvalue weighted by Crippen LogP contribution is 2.53. The SMILES string of the molecule is CC1(C)c2ccccc2-c2ccc(N(c3cccc4c3oc3ccccc34)c3cccc4c3oc3c(-c5ccccc5)c5c(cc34)oc3ccccc35)cc21. The second kappa shape index (κ2) is 11.0. The van der Waals surface area contributed by atoms with Crippen LogP contribution < -0.4 is 4.90 Å². The van der Waals surface area contributed by atoms with Crippen molar-refractivity contribution in [1.29, 1.82) is 0 Å². The van der Waals surface area contributed by atoms with E-state index in [0.717, 1.165) is 94.0 Å². The van der Waals surface area contributed by atoms with E-state index in [4.69, 9.17) is 13.3 Å². The van der Waals surface area contributed by atoms with Crippen molar-refractivity contribution in [1.82, 2.24) is 0 Å². The van der Waals surface area contributed by atoms with Crippen molar-refractivity contribution >= 4 is 82.9 Å². The molecule has 4 nitrogen and oxygen atoms in total. The lowest BCUT2D eigenvalue weighted by molar-refractivity contribution is 0.660. The zero-order valence-corrected chi connectivity index (χ0v) is 30.3. The van der Waals surface area contributed by atoms with Crippen molar-refractivity contribution in [2.45, 2.75) is 19.3 Å². The largest absolute Gasteiger partial charge is 0.456 e. The summed E-state index contributed by atoms with van der Waals surface area (Å²) < 4.78 is 20.6. The Kier molecular flexibility index (Phi) is 6.09. The molecule has 260 valence electrons. The Hall–Kier alpha value is -7.04. The third-order valence-electron chi connectivity index (χ3n) is 11.9. The summed E-state index contributed by atoms with van der Waals surface area (Å²) in [4.78, 5) is 2.33. The van der Waals surface area contributed by atoms with E-state index in [0.29, 0.717) is 0 Å². The predicted molar refractivity (Wildman–Crippen MR) is 226 cm³/mol. The lowest BCUT2D eigenvalue weighted by atomic mass is 9.82. The minimum absolute atomic E-state index is 0.175. The number of fused-ring (bicyclic) bond motifs is 12. The highest BCUT2D eigenvalue weighted by atomic mass is 16.3. The molecule has 0 unspecified atom stereocenters. The van der Waals surface area contributed by atoms with Crippen LogP contribution in [-0.2, 0) is 5.41 Å². The Balaban J connectivity index is 1.18. The number of furan rings is 3. The maximum atomic E-state index is 7.26. The number of benzene rings is 8. The van der Waals surface area contributed by atoms with Crippen LogP contribution in [0.5, 0.6) is 0 Å². The van der Waals surface area contributed by atoms with Crippen LogP contribution >= 0.6 is 0 Å². The van der Waals surface area contributed by atoms with Crippen molar-refractivity contribution in [2.75, 3.05) is 4.90 Å². The Morgan fingerprint density at radius 3 is 1.84 bits per heavy atom. The van der Waals surface area contributed by atoms with Crippen LogP contribution in [0.15, 0.2) is 177 Å². The van der Waals surface area contributed by atoms with Gasteiger partial charge in [0.25, 0.3) is 0 Å². The molecule has 4 heteroatoms. The molecular weight excluding hydrogens is 675 g/mol. The number of nitrogens with zero attached hydrogens (tertiary/aromatic N) is 1. The van der Waals surface area contributed by atoms with Gasteiger partial charge in [0.1, 0.15) is 22.3 Å². The van der Waals surface area contributed by atoms with Gasteiger partial charge >= 0.3 is 0 Å². The average Bonchev–Trinajstić information content (AvgIpc) is 3.96. The fourth-order valence-corrected chi connectivity index (χ4v) is 9.33. The Labute approximate surface area is 316 Å². The molecule has 0 saturated heterocycles. The first kappa shape index (κ1) is 30.4. The highest BCUT2D eigenvalue weighted by Gasteiger charge is 2.36. The average molecular weight is 708 g/mol. The van der Waals surface area contributed by atoms with Crippen molar-refractivity contribution in [3.63, 3.8) is 0 Å². The molecule has 55 heavy (non-hydrogen) atoms. The Bertz CT molecular complexity index is 3360. The minimum atomic E-state index is -0.175. The molecule has 0 N–H and O–H groups in total. The molecule has 0 atom stereocenters. The zero-order chi connectivity index (χ0) is 36.4. The molecule has 0 spiro atoms. The van der Waals surface area contributed by atoms with Gasteiger partial charge in [0.2, 0.25) is 0 Å². The van der Waals surface area contributed by atoms with Crippen molar-refractivity contribution in [3.05, 3.63) is 175 Å². The Morgan fingerprint density at radius 2 is 1.04 bits per heavy atom. The molecule has 3 aromatic heterocycles. The van der Waals surface area contributed by atoms with E-state index in [-0.39, 0.29) is 5.41 Å². The normalized spacial score (nSPS) is 13.4. The van der Waals surface area contributed by atoms with Crippen molar-refractivity contribution in [2.24, 2.45) is 0 Å². The monoisotopic (exact) mass is 707 g/mol. The van der Waals surface area contributed by atoms with Crippen LogP contribution in [0.3, 0.4) is 0 Å². The summed E-state index contributed by atoms with van der Waals surface area (Å²) in [5, 5.41) is 6.31. The predicted octanol–water partition coefficient (Wildman–Crippen LogP) is 14.8. The number of rotatable bonds is 4. The molecule has 0 amide bonds. The van der Waals surface area contributed by atoms with Crippen molar-refractivity contribution < 1.29 is 13.3 Å². The van der Waals surface area contributed by atoms with Gasteiger partial charge in [-0.25, -0.2) is 0 Å². The summed E-state index contributed by atoms with van der Waals surface area (Å²) in [5.41, 5.74) is 15.1. The van der Waals surface area contributed by atoms with Crippen LogP contribution in [0.1, 0.15) is 25.0 Å². The van der Waals surface area contributed by atoms with E-state index in [1.807, 2.05) is 24.3 Å².